The Bertz CT molecular complexity index is 1580. The molecule has 3 heterocycles. The number of guanidine groups is 1. The number of likely N-dealkylation sites (tertiary alicyclic amines) is 2. The molecular formula is C36H60N12O9. The lowest BCUT2D eigenvalue weighted by atomic mass is 10.0. The molecule has 13 N–H and O–H groups in total. The second kappa shape index (κ2) is 21.8. The molecule has 2 aliphatic rings. The molecule has 0 aromatic carbocycles. The molecule has 21 heteroatoms. The van der Waals surface area contributed by atoms with Crippen molar-refractivity contribution in [2.45, 2.75) is 121 Å². The van der Waals surface area contributed by atoms with Crippen LogP contribution in [0.4, 0.5) is 0 Å². The van der Waals surface area contributed by atoms with Crippen molar-refractivity contribution in [1.29, 1.82) is 0 Å². The molecule has 318 valence electrons. The average molecular weight is 805 g/mol. The van der Waals surface area contributed by atoms with E-state index in [2.05, 4.69) is 36.2 Å². The molecule has 2 fully saturated rings. The smallest absolute Gasteiger partial charge is 0.326 e. The number of aliphatic imine (C=N–C) groups is 1. The van der Waals surface area contributed by atoms with Gasteiger partial charge in [0.05, 0.1) is 19.0 Å². The lowest BCUT2D eigenvalue weighted by Crippen LogP contribution is -2.60. The van der Waals surface area contributed by atoms with Gasteiger partial charge in [-0.25, -0.2) is 9.78 Å². The molecule has 0 radical (unpaired) electrons. The molecule has 0 spiro atoms. The first-order chi connectivity index (χ1) is 26.9. The molecule has 0 saturated carbocycles. The van der Waals surface area contributed by atoms with Crippen LogP contribution in [0.15, 0.2) is 17.5 Å². The summed E-state index contributed by atoms with van der Waals surface area (Å²) < 4.78 is 0. The number of nitrogens with one attached hydrogen (secondary N) is 5. The van der Waals surface area contributed by atoms with Crippen molar-refractivity contribution in [3.05, 3.63) is 18.2 Å². The highest BCUT2D eigenvalue weighted by molar-refractivity contribution is 5.97. The van der Waals surface area contributed by atoms with Crippen LogP contribution in [0, 0.1) is 11.8 Å². The van der Waals surface area contributed by atoms with Gasteiger partial charge in [0.1, 0.15) is 36.3 Å². The number of aliphatic hydroxyl groups excluding tert-OH is 1. The molecule has 2 saturated heterocycles. The van der Waals surface area contributed by atoms with E-state index >= 15 is 0 Å². The highest BCUT2D eigenvalue weighted by Gasteiger charge is 2.42. The summed E-state index contributed by atoms with van der Waals surface area (Å²) in [4.78, 5) is 107. The first-order valence-corrected chi connectivity index (χ1v) is 19.4. The van der Waals surface area contributed by atoms with Gasteiger partial charge in [0.15, 0.2) is 5.96 Å². The lowest BCUT2D eigenvalue weighted by Gasteiger charge is -2.32. The number of hydrogen-bond acceptors (Lipinski definition) is 11. The van der Waals surface area contributed by atoms with E-state index < -0.39 is 90.3 Å². The van der Waals surface area contributed by atoms with Crippen molar-refractivity contribution in [3.63, 3.8) is 0 Å². The summed E-state index contributed by atoms with van der Waals surface area (Å²) in [6, 6.07) is -7.93. The van der Waals surface area contributed by atoms with Crippen molar-refractivity contribution in [2.24, 2.45) is 34.0 Å². The van der Waals surface area contributed by atoms with Crippen molar-refractivity contribution < 1.29 is 43.8 Å². The van der Waals surface area contributed by atoms with Crippen LogP contribution in [0.1, 0.15) is 78.3 Å². The second-order valence-corrected chi connectivity index (χ2v) is 15.3. The molecular weight excluding hydrogens is 744 g/mol. The van der Waals surface area contributed by atoms with Gasteiger partial charge in [-0.05, 0) is 56.8 Å². The number of nitrogens with two attached hydrogens (primary N) is 3. The number of aromatic amines is 1. The number of carboxylic acid groups (broad SMARTS) is 1. The van der Waals surface area contributed by atoms with Gasteiger partial charge in [0, 0.05) is 37.9 Å². The van der Waals surface area contributed by atoms with Gasteiger partial charge in [0.25, 0.3) is 0 Å². The SMILES string of the molecule is CC(C)C[C@H](NC(=O)[C@H](CO)NC(=O)[C@@H]1CCCN1C(=O)[C@H](CCCN=C(N)N)NC(=O)[C@@H]1CCCN1C(=O)[C@H](Cc1cnc[nH]1)NC(=O)[C@@H](N)C(C)C)C(=O)O. The maximum Gasteiger partial charge on any atom is 0.326 e. The second-order valence-electron chi connectivity index (χ2n) is 15.3. The minimum Gasteiger partial charge on any atom is -0.480 e. The quantitative estimate of drug-likeness (QED) is 0.0338. The zero-order valence-corrected chi connectivity index (χ0v) is 33.1. The number of carbonyl (C=O) groups excluding carboxylic acids is 6. The molecule has 7 atom stereocenters. The predicted molar refractivity (Wildman–Crippen MR) is 206 cm³/mol. The minimum atomic E-state index is -1.49. The van der Waals surface area contributed by atoms with E-state index in [1.165, 1.54) is 22.3 Å². The van der Waals surface area contributed by atoms with Crippen molar-refractivity contribution in [3.8, 4) is 0 Å². The Balaban J connectivity index is 1.79. The van der Waals surface area contributed by atoms with E-state index in [4.69, 9.17) is 17.2 Å². The number of nitrogens with zero attached hydrogens (tertiary/aromatic N) is 4. The topological polar surface area (TPSA) is 334 Å². The number of carbonyl (C=O) groups is 7. The third-order valence-electron chi connectivity index (χ3n) is 9.99. The molecule has 6 amide bonds. The summed E-state index contributed by atoms with van der Waals surface area (Å²) in [6.07, 6.45) is 4.85. The number of imidazole rings is 1. The van der Waals surface area contributed by atoms with Crippen molar-refractivity contribution in [2.75, 3.05) is 26.2 Å². The zero-order valence-electron chi connectivity index (χ0n) is 33.1. The number of aliphatic hydroxyl groups is 1. The van der Waals surface area contributed by atoms with Gasteiger partial charge in [-0.2, -0.15) is 0 Å². The van der Waals surface area contributed by atoms with E-state index in [1.807, 2.05) is 0 Å². The summed E-state index contributed by atoms with van der Waals surface area (Å²) in [5, 5.41) is 29.8. The summed E-state index contributed by atoms with van der Waals surface area (Å²) in [5.41, 5.74) is 17.6. The summed E-state index contributed by atoms with van der Waals surface area (Å²) >= 11 is 0. The standard InChI is InChI=1S/C36H60N12O9/c1-19(2)14-24(35(56)57)45-29(50)25(17-49)46-31(52)27-10-6-12-47(27)33(54)22(8-5-11-41-36(38)39)43-30(51)26-9-7-13-48(26)34(55)23(15-21-16-40-18-42-21)44-32(53)28(37)20(3)4/h16,18-20,22-28,49H,5-15,17,37H2,1-4H3,(H,40,42)(H,43,51)(H,44,53)(H,45,50)(H,46,52)(H,56,57)(H4,38,39,41)/t22-,23-,24-,25-,26-,27-,28-/m0/s1. The average Bonchev–Trinajstić information content (AvgIpc) is 3.96. The molecule has 1 aromatic heterocycles. The van der Waals surface area contributed by atoms with Crippen LogP contribution < -0.4 is 38.5 Å². The number of rotatable bonds is 21. The fraction of sp³-hybridized carbons (Fsp3) is 0.694. The maximum atomic E-state index is 14.2. The first-order valence-electron chi connectivity index (χ1n) is 19.4. The fourth-order valence-electron chi connectivity index (χ4n) is 6.85. The Morgan fingerprint density at radius 2 is 1.42 bits per heavy atom. The number of aliphatic carboxylic acids is 1. The van der Waals surface area contributed by atoms with Gasteiger partial charge in [-0.1, -0.05) is 27.7 Å². The third kappa shape index (κ3) is 13.4. The molecule has 0 bridgehead atoms. The van der Waals surface area contributed by atoms with Crippen LogP contribution >= 0.6 is 0 Å². The Hall–Kier alpha value is -5.31. The van der Waals surface area contributed by atoms with E-state index in [0.29, 0.717) is 18.5 Å². The van der Waals surface area contributed by atoms with E-state index in [-0.39, 0.29) is 76.0 Å². The number of aromatic nitrogens is 2. The van der Waals surface area contributed by atoms with Crippen LogP contribution in [0.2, 0.25) is 0 Å². The first kappa shape index (κ1) is 46.1. The number of hydrogen-bond donors (Lipinski definition) is 10. The Morgan fingerprint density at radius 1 is 0.860 bits per heavy atom. The highest BCUT2D eigenvalue weighted by atomic mass is 16.4. The molecule has 0 aliphatic carbocycles. The van der Waals surface area contributed by atoms with Gasteiger partial charge in [-0.15, -0.1) is 0 Å². The molecule has 0 unspecified atom stereocenters. The largest absolute Gasteiger partial charge is 0.480 e. The van der Waals surface area contributed by atoms with Crippen LogP contribution in [0.25, 0.3) is 0 Å². The molecule has 57 heavy (non-hydrogen) atoms. The molecule has 1 aromatic rings. The third-order valence-corrected chi connectivity index (χ3v) is 9.99. The number of amides is 6. The Kier molecular flexibility index (Phi) is 17.7. The van der Waals surface area contributed by atoms with E-state index in [9.17, 15) is 43.8 Å². The minimum absolute atomic E-state index is 0.0570. The highest BCUT2D eigenvalue weighted by Crippen LogP contribution is 2.23. The maximum absolute atomic E-state index is 14.2. The summed E-state index contributed by atoms with van der Waals surface area (Å²) in [5.74, 6) is -5.59. The van der Waals surface area contributed by atoms with Crippen LogP contribution in [0.5, 0.6) is 0 Å². The fourth-order valence-corrected chi connectivity index (χ4v) is 6.85. The Morgan fingerprint density at radius 3 is 1.91 bits per heavy atom. The summed E-state index contributed by atoms with van der Waals surface area (Å²) in [6.45, 7) is 6.78. The zero-order chi connectivity index (χ0) is 42.4. The van der Waals surface area contributed by atoms with Crippen molar-refractivity contribution >= 4 is 47.4 Å². The van der Waals surface area contributed by atoms with Crippen LogP contribution in [-0.4, -0.2) is 146 Å². The predicted octanol–water partition coefficient (Wildman–Crippen LogP) is -2.97. The van der Waals surface area contributed by atoms with Gasteiger partial charge in [-0.3, -0.25) is 33.8 Å². The Labute approximate surface area is 331 Å². The van der Waals surface area contributed by atoms with E-state index in [1.54, 1.807) is 27.7 Å². The van der Waals surface area contributed by atoms with Gasteiger partial charge < -0.3 is 63.5 Å². The molecule has 3 rings (SSSR count). The normalized spacial score (nSPS) is 19.3. The molecule has 21 nitrogen and oxygen atoms in total. The number of carboxylic acids is 1. The van der Waals surface area contributed by atoms with Gasteiger partial charge in [0.2, 0.25) is 35.4 Å². The number of H-pyrrole nitrogens is 1. The van der Waals surface area contributed by atoms with E-state index in [0.717, 1.165) is 0 Å². The van der Waals surface area contributed by atoms with Crippen LogP contribution in [-0.2, 0) is 40.0 Å². The summed E-state index contributed by atoms with van der Waals surface area (Å²) in [7, 11) is 0. The monoisotopic (exact) mass is 804 g/mol. The van der Waals surface area contributed by atoms with Crippen molar-refractivity contribution in [1.82, 2.24) is 41.0 Å². The lowest BCUT2D eigenvalue weighted by molar-refractivity contribution is -0.145. The van der Waals surface area contributed by atoms with Crippen LogP contribution in [0.3, 0.4) is 0 Å². The molecule has 2 aliphatic heterocycles. The van der Waals surface area contributed by atoms with Gasteiger partial charge >= 0.3 is 5.97 Å².